The number of nitrogens with zero attached hydrogens (tertiary/aromatic N) is 2. The van der Waals surface area contributed by atoms with Gasteiger partial charge < -0.3 is 9.64 Å². The molecule has 27 heavy (non-hydrogen) atoms. The predicted octanol–water partition coefficient (Wildman–Crippen LogP) is 2.38. The Balaban J connectivity index is 1.44. The van der Waals surface area contributed by atoms with Crippen LogP contribution in [0.2, 0.25) is 0 Å². The maximum Gasteiger partial charge on any atom is 0.352 e. The molecule has 4 rings (SSSR count). The number of ether oxygens (including phenoxy) is 1. The number of urea groups is 1. The van der Waals surface area contributed by atoms with Crippen LogP contribution in [0, 0.1) is 0 Å². The monoisotopic (exact) mass is 366 g/mol. The Hall–Kier alpha value is -3.19. The average molecular weight is 366 g/mol. The molecule has 2 aromatic rings. The Morgan fingerprint density at radius 2 is 1.70 bits per heavy atom. The molecule has 3 amide bonds. The molecule has 0 saturated carbocycles. The van der Waals surface area contributed by atoms with Gasteiger partial charge in [-0.3, -0.25) is 9.63 Å². The molecule has 2 unspecified atom stereocenters. The van der Waals surface area contributed by atoms with Crippen molar-refractivity contribution in [3.05, 3.63) is 71.8 Å². The number of hydrogen-bond donors (Lipinski definition) is 0. The van der Waals surface area contributed by atoms with Crippen LogP contribution in [0.4, 0.5) is 4.79 Å². The van der Waals surface area contributed by atoms with E-state index >= 15 is 0 Å². The maximum absolute atomic E-state index is 12.7. The lowest BCUT2D eigenvalue weighted by Gasteiger charge is -2.32. The van der Waals surface area contributed by atoms with E-state index in [2.05, 4.69) is 0 Å². The predicted molar refractivity (Wildman–Crippen MR) is 94.2 cm³/mol. The second-order valence-corrected chi connectivity index (χ2v) is 6.47. The minimum absolute atomic E-state index is 0.135. The summed E-state index contributed by atoms with van der Waals surface area (Å²) in [6.07, 6.45) is -0.109. The van der Waals surface area contributed by atoms with E-state index in [1.54, 1.807) is 30.3 Å². The molecule has 2 heterocycles. The number of carbonyl (C=O) groups is 3. The summed E-state index contributed by atoms with van der Waals surface area (Å²) in [6.45, 7) is 0.402. The fraction of sp³-hybridized carbons (Fsp3) is 0.250. The first kappa shape index (κ1) is 17.2. The molecule has 2 saturated heterocycles. The third-order valence-corrected chi connectivity index (χ3v) is 4.64. The molecule has 0 aliphatic carbocycles. The van der Waals surface area contributed by atoms with Crippen LogP contribution in [0.3, 0.4) is 0 Å². The van der Waals surface area contributed by atoms with E-state index in [1.165, 1.54) is 4.90 Å². The van der Waals surface area contributed by atoms with Gasteiger partial charge in [0.25, 0.3) is 5.91 Å². The van der Waals surface area contributed by atoms with E-state index in [-0.39, 0.29) is 13.2 Å². The van der Waals surface area contributed by atoms with Crippen LogP contribution in [0.1, 0.15) is 22.3 Å². The summed E-state index contributed by atoms with van der Waals surface area (Å²) in [4.78, 5) is 44.6. The lowest BCUT2D eigenvalue weighted by Crippen LogP contribution is -2.53. The molecular weight excluding hydrogens is 348 g/mol. The van der Waals surface area contributed by atoms with Crippen LogP contribution in [0.25, 0.3) is 0 Å². The lowest BCUT2D eigenvalue weighted by atomic mass is 10.2. The Kier molecular flexibility index (Phi) is 4.60. The number of benzene rings is 2. The molecule has 7 heteroatoms. The van der Waals surface area contributed by atoms with Crippen molar-refractivity contribution in [3.8, 4) is 0 Å². The lowest BCUT2D eigenvalue weighted by molar-refractivity contribution is -0.151. The zero-order valence-electron chi connectivity index (χ0n) is 14.5. The number of imide groups is 1. The summed E-state index contributed by atoms with van der Waals surface area (Å²) in [5, 5.41) is 0.744. The SMILES string of the molecule is O=C(OCc1ccccc1)C1CC2CN1C(=O)N(C(=O)c1ccccc1)O2. The first-order chi connectivity index (χ1) is 13.1. The Morgan fingerprint density at radius 3 is 2.41 bits per heavy atom. The van der Waals surface area contributed by atoms with Gasteiger partial charge in [-0.15, -0.1) is 5.06 Å². The van der Waals surface area contributed by atoms with E-state index < -0.39 is 30.1 Å². The molecule has 2 bridgehead atoms. The highest BCUT2D eigenvalue weighted by atomic mass is 16.7. The van der Waals surface area contributed by atoms with E-state index in [4.69, 9.17) is 9.57 Å². The van der Waals surface area contributed by atoms with Crippen molar-refractivity contribution in [2.24, 2.45) is 0 Å². The second-order valence-electron chi connectivity index (χ2n) is 6.47. The number of esters is 1. The number of amides is 3. The van der Waals surface area contributed by atoms with Crippen molar-refractivity contribution in [2.75, 3.05) is 6.54 Å². The topological polar surface area (TPSA) is 76.2 Å². The van der Waals surface area contributed by atoms with Gasteiger partial charge in [0, 0.05) is 12.0 Å². The van der Waals surface area contributed by atoms with Crippen LogP contribution in [-0.2, 0) is 21.0 Å². The van der Waals surface area contributed by atoms with Gasteiger partial charge in [0.15, 0.2) is 0 Å². The highest BCUT2D eigenvalue weighted by Crippen LogP contribution is 2.30. The van der Waals surface area contributed by atoms with E-state index in [9.17, 15) is 14.4 Å². The van der Waals surface area contributed by atoms with Gasteiger partial charge in [-0.25, -0.2) is 9.59 Å². The molecule has 0 radical (unpaired) electrons. The average Bonchev–Trinajstić information content (AvgIpc) is 3.09. The summed E-state index contributed by atoms with van der Waals surface area (Å²) in [6, 6.07) is 16.3. The van der Waals surface area contributed by atoms with Crippen molar-refractivity contribution in [1.82, 2.24) is 9.96 Å². The molecule has 0 spiro atoms. The van der Waals surface area contributed by atoms with E-state index in [0.717, 1.165) is 10.6 Å². The fourth-order valence-corrected chi connectivity index (χ4v) is 3.28. The highest BCUT2D eigenvalue weighted by molar-refractivity contribution is 6.04. The summed E-state index contributed by atoms with van der Waals surface area (Å²) >= 11 is 0. The molecular formula is C20H18N2O5. The largest absolute Gasteiger partial charge is 0.459 e. The first-order valence-corrected chi connectivity index (χ1v) is 8.71. The number of hydroxylamine groups is 2. The molecule has 2 aliphatic rings. The number of carbonyl (C=O) groups excluding carboxylic acids is 3. The van der Waals surface area contributed by atoms with Crippen LogP contribution in [0.15, 0.2) is 60.7 Å². The van der Waals surface area contributed by atoms with Crippen molar-refractivity contribution < 1.29 is 24.0 Å². The Bertz CT molecular complexity index is 855. The number of fused-ring (bicyclic) bond motifs is 2. The molecule has 2 aromatic carbocycles. The first-order valence-electron chi connectivity index (χ1n) is 8.71. The smallest absolute Gasteiger partial charge is 0.352 e. The molecule has 0 N–H and O–H groups in total. The van der Waals surface area contributed by atoms with Gasteiger partial charge in [-0.2, -0.15) is 0 Å². The fourth-order valence-electron chi connectivity index (χ4n) is 3.28. The molecule has 7 nitrogen and oxygen atoms in total. The zero-order valence-corrected chi connectivity index (χ0v) is 14.5. The molecule has 2 atom stereocenters. The van der Waals surface area contributed by atoms with Crippen LogP contribution in [0.5, 0.6) is 0 Å². The van der Waals surface area contributed by atoms with Gasteiger partial charge in [0.1, 0.15) is 18.8 Å². The molecule has 2 fully saturated rings. The summed E-state index contributed by atoms with van der Waals surface area (Å²) < 4.78 is 5.36. The third kappa shape index (κ3) is 3.41. The second kappa shape index (κ2) is 7.20. The van der Waals surface area contributed by atoms with Gasteiger partial charge in [-0.05, 0) is 17.7 Å². The highest BCUT2D eigenvalue weighted by Gasteiger charge is 2.50. The van der Waals surface area contributed by atoms with Crippen LogP contribution in [-0.4, -0.2) is 46.6 Å². The summed E-state index contributed by atoms with van der Waals surface area (Å²) in [7, 11) is 0. The van der Waals surface area contributed by atoms with Crippen molar-refractivity contribution in [3.63, 3.8) is 0 Å². The summed E-state index contributed by atoms with van der Waals surface area (Å²) in [5.74, 6) is -1.04. The van der Waals surface area contributed by atoms with E-state index in [1.807, 2.05) is 30.3 Å². The van der Waals surface area contributed by atoms with Crippen molar-refractivity contribution >= 4 is 17.9 Å². The Morgan fingerprint density at radius 1 is 1.04 bits per heavy atom. The molecule has 138 valence electrons. The Labute approximate surface area is 156 Å². The molecule has 2 aliphatic heterocycles. The van der Waals surface area contributed by atoms with Crippen molar-refractivity contribution in [2.45, 2.75) is 25.2 Å². The number of hydrogen-bond acceptors (Lipinski definition) is 5. The van der Waals surface area contributed by atoms with Crippen molar-refractivity contribution in [1.29, 1.82) is 0 Å². The van der Waals surface area contributed by atoms with Crippen LogP contribution < -0.4 is 0 Å². The minimum Gasteiger partial charge on any atom is -0.459 e. The van der Waals surface area contributed by atoms with Gasteiger partial charge in [0.05, 0.1) is 6.54 Å². The minimum atomic E-state index is -0.750. The van der Waals surface area contributed by atoms with Gasteiger partial charge in [0.2, 0.25) is 0 Å². The zero-order chi connectivity index (χ0) is 18.8. The van der Waals surface area contributed by atoms with E-state index in [0.29, 0.717) is 12.0 Å². The molecule has 0 aromatic heterocycles. The van der Waals surface area contributed by atoms with Gasteiger partial charge in [-0.1, -0.05) is 48.5 Å². The summed E-state index contributed by atoms with van der Waals surface area (Å²) in [5.41, 5.74) is 1.21. The maximum atomic E-state index is 12.7. The van der Waals surface area contributed by atoms with Crippen LogP contribution >= 0.6 is 0 Å². The number of rotatable bonds is 4. The third-order valence-electron chi connectivity index (χ3n) is 4.64. The standard InChI is InChI=1S/C20H18N2O5/c23-18(15-9-5-2-6-10-15)22-20(25)21-12-16(27-22)11-17(21)19(24)26-13-14-7-3-1-4-8-14/h1-10,16-17H,11-13H2. The normalized spacial score (nSPS) is 21.3. The quantitative estimate of drug-likeness (QED) is 0.777. The van der Waals surface area contributed by atoms with Gasteiger partial charge >= 0.3 is 12.0 Å².